The Labute approximate surface area is 169 Å². The highest BCUT2D eigenvalue weighted by molar-refractivity contribution is 6.39. The number of fused-ring (bicyclic) bond motifs is 1. The Morgan fingerprint density at radius 2 is 1.82 bits per heavy atom. The van der Waals surface area contributed by atoms with Crippen LogP contribution >= 0.6 is 23.2 Å². The minimum atomic E-state index is -1.05. The molecule has 2 aromatic carbocycles. The van der Waals surface area contributed by atoms with Crippen LogP contribution in [0.1, 0.15) is 12.5 Å². The summed E-state index contributed by atoms with van der Waals surface area (Å²) in [6.07, 6.45) is -1.05. The fraction of sp³-hybridized carbons (Fsp3) is 0.158. The molecule has 0 bridgehead atoms. The molecule has 0 aromatic heterocycles. The fourth-order valence-corrected chi connectivity index (χ4v) is 3.69. The highest BCUT2D eigenvalue weighted by Crippen LogP contribution is 2.37. The summed E-state index contributed by atoms with van der Waals surface area (Å²) in [7, 11) is 0. The number of esters is 1. The number of oxime groups is 1. The molecule has 0 radical (unpaired) electrons. The van der Waals surface area contributed by atoms with Crippen LogP contribution in [0.3, 0.4) is 0 Å². The van der Waals surface area contributed by atoms with Gasteiger partial charge < -0.3 is 9.57 Å². The second-order valence-corrected chi connectivity index (χ2v) is 7.05. The van der Waals surface area contributed by atoms with Crippen molar-refractivity contribution in [2.24, 2.45) is 11.1 Å². The second kappa shape index (κ2) is 6.92. The fourth-order valence-electron chi connectivity index (χ4n) is 3.18. The predicted molar refractivity (Wildman–Crippen MR) is 102 cm³/mol. The van der Waals surface area contributed by atoms with Crippen molar-refractivity contribution in [2.75, 3.05) is 4.90 Å². The largest absolute Gasteiger partial charge is 0.427 e. The predicted octanol–water partition coefficient (Wildman–Crippen LogP) is 3.21. The van der Waals surface area contributed by atoms with Crippen LogP contribution in [0, 0.1) is 5.92 Å². The van der Waals surface area contributed by atoms with Gasteiger partial charge in [-0.1, -0.05) is 34.4 Å². The van der Waals surface area contributed by atoms with E-state index in [2.05, 4.69) is 5.16 Å². The number of nitrogens with zero attached hydrogens (tertiary/aromatic N) is 2. The van der Waals surface area contributed by atoms with E-state index in [9.17, 15) is 14.4 Å². The van der Waals surface area contributed by atoms with Crippen molar-refractivity contribution in [1.82, 2.24) is 0 Å². The van der Waals surface area contributed by atoms with Gasteiger partial charge in [0.15, 0.2) is 0 Å². The molecule has 2 aliphatic rings. The van der Waals surface area contributed by atoms with E-state index >= 15 is 0 Å². The van der Waals surface area contributed by atoms with Gasteiger partial charge in [-0.2, -0.15) is 0 Å². The van der Waals surface area contributed by atoms with Gasteiger partial charge in [0.2, 0.25) is 12.0 Å². The number of hydrogen-bond acceptors (Lipinski definition) is 6. The molecular formula is C19H12Cl2N2O5. The summed E-state index contributed by atoms with van der Waals surface area (Å²) in [4.78, 5) is 43.1. The third-order valence-electron chi connectivity index (χ3n) is 4.38. The Morgan fingerprint density at radius 1 is 1.11 bits per heavy atom. The number of imide groups is 1. The molecule has 0 aliphatic carbocycles. The molecule has 2 aliphatic heterocycles. The first-order valence-electron chi connectivity index (χ1n) is 8.22. The van der Waals surface area contributed by atoms with Crippen molar-refractivity contribution in [2.45, 2.75) is 13.0 Å². The van der Waals surface area contributed by atoms with Crippen molar-refractivity contribution in [3.63, 3.8) is 0 Å². The standard InChI is InChI=1S/C19H12Cl2N2O5/c1-9(24)27-12-5-3-11(4-6-12)23-18(25)15-16(22-28-17(15)19(23)26)13-7-2-10(20)8-14(13)21/h2-8,15,17H,1H3/t15-,17+/m0/s1. The van der Waals surface area contributed by atoms with Crippen LogP contribution < -0.4 is 9.64 Å². The minimum Gasteiger partial charge on any atom is -0.427 e. The van der Waals surface area contributed by atoms with Crippen molar-refractivity contribution in [3.05, 3.63) is 58.1 Å². The van der Waals surface area contributed by atoms with Gasteiger partial charge in [0.1, 0.15) is 17.4 Å². The van der Waals surface area contributed by atoms with E-state index in [1.807, 2.05) is 0 Å². The Hall–Kier alpha value is -2.90. The number of hydrogen-bond donors (Lipinski definition) is 0. The molecule has 2 atom stereocenters. The lowest BCUT2D eigenvalue weighted by molar-refractivity contribution is -0.132. The summed E-state index contributed by atoms with van der Waals surface area (Å²) >= 11 is 12.1. The van der Waals surface area contributed by atoms with Crippen LogP contribution in [0.25, 0.3) is 0 Å². The molecule has 9 heteroatoms. The molecule has 7 nitrogen and oxygen atoms in total. The van der Waals surface area contributed by atoms with Crippen LogP contribution in [0.15, 0.2) is 47.6 Å². The highest BCUT2D eigenvalue weighted by Gasteiger charge is 2.56. The molecular weight excluding hydrogens is 407 g/mol. The monoisotopic (exact) mass is 418 g/mol. The first-order valence-corrected chi connectivity index (χ1v) is 8.98. The van der Waals surface area contributed by atoms with Crippen LogP contribution in [-0.4, -0.2) is 29.6 Å². The van der Waals surface area contributed by atoms with E-state index in [4.69, 9.17) is 32.8 Å². The second-order valence-electron chi connectivity index (χ2n) is 6.20. The summed E-state index contributed by atoms with van der Waals surface area (Å²) in [5, 5.41) is 4.66. The van der Waals surface area contributed by atoms with E-state index < -0.39 is 29.8 Å². The molecule has 0 saturated carbocycles. The maximum Gasteiger partial charge on any atom is 0.308 e. The molecule has 0 N–H and O–H groups in total. The lowest BCUT2D eigenvalue weighted by Crippen LogP contribution is -2.33. The molecule has 1 fully saturated rings. The van der Waals surface area contributed by atoms with Crippen LogP contribution in [0.5, 0.6) is 5.75 Å². The maximum atomic E-state index is 13.0. The number of carbonyl (C=O) groups is 3. The molecule has 0 spiro atoms. The first kappa shape index (κ1) is 18.5. The van der Waals surface area contributed by atoms with Crippen LogP contribution in [0.2, 0.25) is 10.0 Å². The van der Waals surface area contributed by atoms with Gasteiger partial charge in [-0.25, -0.2) is 4.90 Å². The maximum absolute atomic E-state index is 13.0. The van der Waals surface area contributed by atoms with E-state index in [-0.39, 0.29) is 5.71 Å². The van der Waals surface area contributed by atoms with Crippen molar-refractivity contribution < 1.29 is 24.0 Å². The smallest absolute Gasteiger partial charge is 0.308 e. The lowest BCUT2D eigenvalue weighted by Gasteiger charge is -2.16. The van der Waals surface area contributed by atoms with Gasteiger partial charge >= 0.3 is 5.97 Å². The molecule has 2 aromatic rings. The Balaban J connectivity index is 1.64. The van der Waals surface area contributed by atoms with Gasteiger partial charge in [-0.15, -0.1) is 0 Å². The number of carbonyl (C=O) groups excluding carboxylic acids is 3. The molecule has 1 saturated heterocycles. The normalized spacial score (nSPS) is 20.7. The lowest BCUT2D eigenvalue weighted by atomic mass is 9.94. The topological polar surface area (TPSA) is 85.3 Å². The minimum absolute atomic E-state index is 0.282. The van der Waals surface area contributed by atoms with Gasteiger partial charge in [0.25, 0.3) is 5.91 Å². The molecule has 2 heterocycles. The SMILES string of the molecule is CC(=O)Oc1ccc(N2C(=O)[C@H]3C(c4ccc(Cl)cc4Cl)=NO[C@H]3C2=O)cc1. The number of rotatable bonds is 3. The Morgan fingerprint density at radius 3 is 2.46 bits per heavy atom. The summed E-state index contributed by atoms with van der Waals surface area (Å²) in [6.45, 7) is 1.28. The van der Waals surface area contributed by atoms with Crippen molar-refractivity contribution in [3.8, 4) is 5.75 Å². The molecule has 2 amide bonds. The molecule has 142 valence electrons. The first-order chi connectivity index (χ1) is 13.4. The number of anilines is 1. The van der Waals surface area contributed by atoms with Crippen LogP contribution in [0.4, 0.5) is 5.69 Å². The number of ether oxygens (including phenoxy) is 1. The number of amides is 2. The molecule has 0 unspecified atom stereocenters. The zero-order chi connectivity index (χ0) is 20.0. The summed E-state index contributed by atoms with van der Waals surface area (Å²) in [5.41, 5.74) is 1.10. The van der Waals surface area contributed by atoms with Gasteiger partial charge in [-0.05, 0) is 36.4 Å². The van der Waals surface area contributed by atoms with E-state index in [1.54, 1.807) is 12.1 Å². The zero-order valence-electron chi connectivity index (χ0n) is 14.4. The Kier molecular flexibility index (Phi) is 4.56. The number of halogens is 2. The summed E-state index contributed by atoms with van der Waals surface area (Å²) in [5.74, 6) is -2.07. The third-order valence-corrected chi connectivity index (χ3v) is 4.92. The summed E-state index contributed by atoms with van der Waals surface area (Å²) < 4.78 is 4.96. The van der Waals surface area contributed by atoms with Gasteiger partial charge in [0.05, 0.1) is 10.7 Å². The van der Waals surface area contributed by atoms with E-state index in [1.165, 1.54) is 37.3 Å². The van der Waals surface area contributed by atoms with Crippen LogP contribution in [-0.2, 0) is 19.2 Å². The quantitative estimate of drug-likeness (QED) is 0.433. The average Bonchev–Trinajstić information content (AvgIpc) is 3.16. The van der Waals surface area contributed by atoms with Crippen molar-refractivity contribution >= 4 is 52.4 Å². The summed E-state index contributed by atoms with van der Waals surface area (Å²) in [6, 6.07) is 10.8. The molecule has 4 rings (SSSR count). The third kappa shape index (κ3) is 3.02. The van der Waals surface area contributed by atoms with E-state index in [0.717, 1.165) is 4.90 Å². The Bertz CT molecular complexity index is 1040. The molecule has 28 heavy (non-hydrogen) atoms. The van der Waals surface area contributed by atoms with Gasteiger partial charge in [-0.3, -0.25) is 14.4 Å². The van der Waals surface area contributed by atoms with E-state index in [0.29, 0.717) is 27.0 Å². The van der Waals surface area contributed by atoms with Crippen molar-refractivity contribution in [1.29, 1.82) is 0 Å². The average molecular weight is 419 g/mol. The van der Waals surface area contributed by atoms with Gasteiger partial charge in [0, 0.05) is 17.5 Å². The number of benzene rings is 2. The highest BCUT2D eigenvalue weighted by atomic mass is 35.5. The zero-order valence-corrected chi connectivity index (χ0v) is 15.9.